The molecular formula is C14H16F2OS. The maximum atomic E-state index is 14.1. The molecule has 2 aliphatic heterocycles. The molecular weight excluding hydrogens is 254 g/mol. The molecule has 0 aliphatic carbocycles. The second-order valence-corrected chi connectivity index (χ2v) is 6.26. The summed E-state index contributed by atoms with van der Waals surface area (Å²) in [5.74, 6) is 1.54. The first kappa shape index (κ1) is 12.4. The zero-order valence-electron chi connectivity index (χ0n) is 10.1. The van der Waals surface area contributed by atoms with E-state index in [1.807, 2.05) is 11.8 Å². The number of ether oxygens (including phenoxy) is 1. The van der Waals surface area contributed by atoms with Crippen molar-refractivity contribution < 1.29 is 13.5 Å². The molecule has 0 radical (unpaired) electrons. The molecule has 0 amide bonds. The fourth-order valence-corrected chi connectivity index (χ4v) is 4.64. The topological polar surface area (TPSA) is 9.23 Å². The fraction of sp³-hybridized carbons (Fsp3) is 0.571. The molecule has 0 saturated carbocycles. The maximum Gasteiger partial charge on any atom is 0.130 e. The average Bonchev–Trinajstić information content (AvgIpc) is 2.38. The lowest BCUT2D eigenvalue weighted by atomic mass is 9.68. The van der Waals surface area contributed by atoms with E-state index in [0.717, 1.165) is 37.0 Å². The normalized spacial score (nSPS) is 32.0. The molecule has 1 nitrogen and oxygen atoms in total. The molecule has 18 heavy (non-hydrogen) atoms. The van der Waals surface area contributed by atoms with E-state index in [2.05, 4.69) is 0 Å². The van der Waals surface area contributed by atoms with Crippen LogP contribution in [0.4, 0.5) is 8.78 Å². The molecule has 2 saturated heterocycles. The summed E-state index contributed by atoms with van der Waals surface area (Å²) in [4.78, 5) is 0. The molecule has 1 aromatic carbocycles. The Morgan fingerprint density at radius 2 is 2.17 bits per heavy atom. The van der Waals surface area contributed by atoms with Crippen LogP contribution in [0.3, 0.4) is 0 Å². The average molecular weight is 270 g/mol. The van der Waals surface area contributed by atoms with E-state index in [0.29, 0.717) is 18.1 Å². The van der Waals surface area contributed by atoms with Gasteiger partial charge in [0.1, 0.15) is 11.6 Å². The first-order valence-corrected chi connectivity index (χ1v) is 7.49. The van der Waals surface area contributed by atoms with Crippen LogP contribution in [-0.4, -0.2) is 24.7 Å². The van der Waals surface area contributed by atoms with Gasteiger partial charge < -0.3 is 4.74 Å². The van der Waals surface area contributed by atoms with Crippen molar-refractivity contribution in [3.63, 3.8) is 0 Å². The third-order valence-electron chi connectivity index (χ3n) is 4.19. The Hall–Kier alpha value is -0.610. The van der Waals surface area contributed by atoms with E-state index in [1.165, 1.54) is 6.07 Å². The Bertz CT molecular complexity index is 437. The molecule has 4 heteroatoms. The summed E-state index contributed by atoms with van der Waals surface area (Å²) in [6.07, 6.45) is 2.09. The van der Waals surface area contributed by atoms with Gasteiger partial charge in [-0.3, -0.25) is 0 Å². The summed E-state index contributed by atoms with van der Waals surface area (Å²) in [7, 11) is 0. The number of thioether (sulfide) groups is 1. The van der Waals surface area contributed by atoms with Gasteiger partial charge in [-0.25, -0.2) is 8.78 Å². The number of hydrogen-bond donors (Lipinski definition) is 0. The first-order valence-electron chi connectivity index (χ1n) is 6.33. The maximum absolute atomic E-state index is 14.1. The van der Waals surface area contributed by atoms with Crippen LogP contribution in [0.1, 0.15) is 18.4 Å². The summed E-state index contributed by atoms with van der Waals surface area (Å²) in [5, 5.41) is 0. The third kappa shape index (κ3) is 1.95. The quantitative estimate of drug-likeness (QED) is 0.773. The summed E-state index contributed by atoms with van der Waals surface area (Å²) < 4.78 is 32.8. The number of hydrogen-bond acceptors (Lipinski definition) is 2. The summed E-state index contributed by atoms with van der Waals surface area (Å²) in [5.41, 5.74) is 0.389. The van der Waals surface area contributed by atoms with Gasteiger partial charge in [0.15, 0.2) is 0 Å². The lowest BCUT2D eigenvalue weighted by Crippen LogP contribution is -2.49. The smallest absolute Gasteiger partial charge is 0.130 e. The molecule has 3 rings (SSSR count). The van der Waals surface area contributed by atoms with E-state index >= 15 is 0 Å². The molecule has 0 bridgehead atoms. The van der Waals surface area contributed by atoms with Crippen molar-refractivity contribution in [3.8, 4) is 0 Å². The zero-order valence-corrected chi connectivity index (χ0v) is 10.9. The monoisotopic (exact) mass is 270 g/mol. The Balaban J connectivity index is 2.04. The lowest BCUT2D eigenvalue weighted by Gasteiger charge is -2.47. The van der Waals surface area contributed by atoms with Crippen molar-refractivity contribution in [2.24, 2.45) is 5.92 Å². The summed E-state index contributed by atoms with van der Waals surface area (Å²) >= 11 is 1.85. The van der Waals surface area contributed by atoms with Crippen LogP contribution in [-0.2, 0) is 10.2 Å². The highest BCUT2D eigenvalue weighted by Crippen LogP contribution is 2.46. The minimum atomic E-state index is -0.510. The van der Waals surface area contributed by atoms with Crippen molar-refractivity contribution in [1.29, 1.82) is 0 Å². The summed E-state index contributed by atoms with van der Waals surface area (Å²) in [6.45, 7) is 1.33. The Labute approximate surface area is 110 Å². The van der Waals surface area contributed by atoms with Gasteiger partial charge in [-0.2, -0.15) is 11.8 Å². The van der Waals surface area contributed by atoms with Gasteiger partial charge in [-0.1, -0.05) is 6.07 Å². The first-order chi connectivity index (χ1) is 8.72. The highest BCUT2D eigenvalue weighted by Gasteiger charge is 2.46. The van der Waals surface area contributed by atoms with E-state index in [-0.39, 0.29) is 5.41 Å². The number of halogens is 2. The van der Waals surface area contributed by atoms with Gasteiger partial charge in [0.2, 0.25) is 0 Å². The largest absolute Gasteiger partial charge is 0.380 e. The molecule has 2 aliphatic rings. The van der Waals surface area contributed by atoms with Crippen LogP contribution in [0.25, 0.3) is 0 Å². The van der Waals surface area contributed by atoms with Crippen molar-refractivity contribution in [1.82, 2.24) is 0 Å². The van der Waals surface area contributed by atoms with Crippen LogP contribution in [0, 0.1) is 17.6 Å². The summed E-state index contributed by atoms with van der Waals surface area (Å²) in [6, 6.07) is 3.96. The van der Waals surface area contributed by atoms with Crippen LogP contribution in [0.2, 0.25) is 0 Å². The highest BCUT2D eigenvalue weighted by atomic mass is 32.2. The predicted molar refractivity (Wildman–Crippen MR) is 68.9 cm³/mol. The van der Waals surface area contributed by atoms with Gasteiger partial charge in [0.05, 0.1) is 6.61 Å². The van der Waals surface area contributed by atoms with Gasteiger partial charge in [-0.15, -0.1) is 0 Å². The van der Waals surface area contributed by atoms with Gasteiger partial charge >= 0.3 is 0 Å². The van der Waals surface area contributed by atoms with Gasteiger partial charge in [-0.05, 0) is 36.1 Å². The molecule has 2 fully saturated rings. The van der Waals surface area contributed by atoms with Crippen LogP contribution in [0.5, 0.6) is 0 Å². The Morgan fingerprint density at radius 3 is 3.00 bits per heavy atom. The standard InChI is InChI=1S/C14H16F2OS/c15-11-1-2-12(13(16)7-11)14-8-17-5-3-10(14)4-6-18-9-14/h1-2,7,10H,3-6,8-9H2/t10-,14+/m1/s1. The second-order valence-electron chi connectivity index (χ2n) is 5.16. The highest BCUT2D eigenvalue weighted by molar-refractivity contribution is 7.99. The van der Waals surface area contributed by atoms with Crippen molar-refractivity contribution >= 4 is 11.8 Å². The van der Waals surface area contributed by atoms with Crippen molar-refractivity contribution in [2.45, 2.75) is 18.3 Å². The molecule has 0 aromatic heterocycles. The molecule has 0 unspecified atom stereocenters. The van der Waals surface area contributed by atoms with Crippen molar-refractivity contribution in [3.05, 3.63) is 35.4 Å². The fourth-order valence-electron chi connectivity index (χ4n) is 3.20. The SMILES string of the molecule is Fc1ccc([C@]23COCC[C@@H]2CCSC3)c(F)c1. The molecule has 1 aromatic rings. The molecule has 98 valence electrons. The van der Waals surface area contributed by atoms with E-state index in [1.54, 1.807) is 6.07 Å². The minimum Gasteiger partial charge on any atom is -0.380 e. The van der Waals surface area contributed by atoms with E-state index in [4.69, 9.17) is 4.74 Å². The number of benzene rings is 1. The minimum absolute atomic E-state index is 0.251. The Kier molecular flexibility index (Phi) is 3.32. The van der Waals surface area contributed by atoms with Crippen LogP contribution >= 0.6 is 11.8 Å². The van der Waals surface area contributed by atoms with Crippen molar-refractivity contribution in [2.75, 3.05) is 24.7 Å². The predicted octanol–water partition coefficient (Wildman–Crippen LogP) is 3.38. The van der Waals surface area contributed by atoms with E-state index in [9.17, 15) is 8.78 Å². The number of fused-ring (bicyclic) bond motifs is 1. The third-order valence-corrected chi connectivity index (χ3v) is 5.43. The zero-order chi connectivity index (χ0) is 12.6. The van der Waals surface area contributed by atoms with Gasteiger partial charge in [0.25, 0.3) is 0 Å². The van der Waals surface area contributed by atoms with E-state index < -0.39 is 11.6 Å². The number of rotatable bonds is 1. The molecule has 2 atom stereocenters. The van der Waals surface area contributed by atoms with Crippen LogP contribution in [0.15, 0.2) is 18.2 Å². The Morgan fingerprint density at radius 1 is 1.28 bits per heavy atom. The molecule has 0 N–H and O–H groups in total. The second kappa shape index (κ2) is 4.82. The molecule has 0 spiro atoms. The molecule has 2 heterocycles. The van der Waals surface area contributed by atoms with Crippen LogP contribution < -0.4 is 0 Å². The lowest BCUT2D eigenvalue weighted by molar-refractivity contribution is -0.000262. The van der Waals surface area contributed by atoms with Gasteiger partial charge in [0, 0.05) is 23.8 Å².